The first kappa shape index (κ1) is 8.79. The van der Waals surface area contributed by atoms with Crippen molar-refractivity contribution < 1.29 is 4.74 Å². The van der Waals surface area contributed by atoms with Gasteiger partial charge in [-0.3, -0.25) is 0 Å². The average Bonchev–Trinajstić information content (AvgIpc) is 2.44. The first-order valence-corrected chi connectivity index (χ1v) is 4.65. The van der Waals surface area contributed by atoms with Crippen LogP contribution >= 0.6 is 11.6 Å². The summed E-state index contributed by atoms with van der Waals surface area (Å²) < 4.78 is 5.11. The van der Waals surface area contributed by atoms with Crippen molar-refractivity contribution in [1.29, 1.82) is 0 Å². The van der Waals surface area contributed by atoms with Crippen molar-refractivity contribution in [3.63, 3.8) is 0 Å². The lowest BCUT2D eigenvalue weighted by molar-refractivity contribution is 0.239. The Morgan fingerprint density at radius 2 is 2.15 bits per heavy atom. The molecule has 0 amide bonds. The molecule has 1 aromatic carbocycles. The first-order chi connectivity index (χ1) is 6.33. The van der Waals surface area contributed by atoms with Crippen LogP contribution in [0.4, 0.5) is 0 Å². The molecule has 0 bridgehead atoms. The van der Waals surface area contributed by atoms with Crippen LogP contribution in [0.15, 0.2) is 29.3 Å². The molecule has 13 heavy (non-hydrogen) atoms. The smallest absolute Gasteiger partial charge is 0.0730 e. The third-order valence-corrected chi connectivity index (χ3v) is 2.67. The van der Waals surface area contributed by atoms with Crippen molar-refractivity contribution in [3.8, 4) is 0 Å². The molecular formula is C11H11ClO. The van der Waals surface area contributed by atoms with Crippen LogP contribution in [-0.2, 0) is 11.2 Å². The SMILES string of the molecule is COCC1=C(Cl)Cc2ccccc21. The highest BCUT2D eigenvalue weighted by Crippen LogP contribution is 2.34. The second kappa shape index (κ2) is 3.52. The second-order valence-electron chi connectivity index (χ2n) is 3.15. The maximum atomic E-state index is 6.12. The molecule has 0 heterocycles. The van der Waals surface area contributed by atoms with Gasteiger partial charge in [0.2, 0.25) is 0 Å². The summed E-state index contributed by atoms with van der Waals surface area (Å²) in [6.07, 6.45) is 0.858. The van der Waals surface area contributed by atoms with Crippen molar-refractivity contribution in [2.75, 3.05) is 13.7 Å². The summed E-state index contributed by atoms with van der Waals surface area (Å²) in [4.78, 5) is 0. The lowest BCUT2D eigenvalue weighted by Crippen LogP contribution is -1.92. The van der Waals surface area contributed by atoms with E-state index in [2.05, 4.69) is 12.1 Å². The minimum atomic E-state index is 0.607. The Kier molecular flexibility index (Phi) is 2.38. The third kappa shape index (κ3) is 1.50. The number of halogens is 1. The van der Waals surface area contributed by atoms with E-state index in [0.717, 1.165) is 17.0 Å². The Bertz CT molecular complexity index is 355. The van der Waals surface area contributed by atoms with Gasteiger partial charge in [-0.2, -0.15) is 0 Å². The van der Waals surface area contributed by atoms with Gasteiger partial charge < -0.3 is 4.74 Å². The zero-order valence-electron chi connectivity index (χ0n) is 7.51. The minimum Gasteiger partial charge on any atom is -0.380 e. The van der Waals surface area contributed by atoms with Gasteiger partial charge in [-0.05, 0) is 11.1 Å². The first-order valence-electron chi connectivity index (χ1n) is 4.27. The van der Waals surface area contributed by atoms with Crippen molar-refractivity contribution in [2.45, 2.75) is 6.42 Å². The highest BCUT2D eigenvalue weighted by atomic mass is 35.5. The number of benzene rings is 1. The van der Waals surface area contributed by atoms with E-state index < -0.39 is 0 Å². The van der Waals surface area contributed by atoms with E-state index >= 15 is 0 Å². The molecule has 2 rings (SSSR count). The van der Waals surface area contributed by atoms with Crippen LogP contribution in [0.1, 0.15) is 11.1 Å². The van der Waals surface area contributed by atoms with Gasteiger partial charge in [-0.15, -0.1) is 0 Å². The highest BCUT2D eigenvalue weighted by Gasteiger charge is 2.18. The van der Waals surface area contributed by atoms with Crippen LogP contribution in [0.5, 0.6) is 0 Å². The summed E-state index contributed by atoms with van der Waals surface area (Å²) >= 11 is 6.12. The molecule has 1 nitrogen and oxygen atoms in total. The molecule has 0 fully saturated rings. The molecule has 1 aliphatic rings. The van der Waals surface area contributed by atoms with Gasteiger partial charge in [-0.25, -0.2) is 0 Å². The molecule has 0 saturated heterocycles. The topological polar surface area (TPSA) is 9.23 Å². The maximum absolute atomic E-state index is 6.12. The number of methoxy groups -OCH3 is 1. The third-order valence-electron chi connectivity index (χ3n) is 2.30. The largest absolute Gasteiger partial charge is 0.380 e. The fraction of sp³-hybridized carbons (Fsp3) is 0.273. The number of allylic oxidation sites excluding steroid dienone is 1. The Morgan fingerprint density at radius 1 is 1.38 bits per heavy atom. The number of fused-ring (bicyclic) bond motifs is 1. The van der Waals surface area contributed by atoms with E-state index in [1.54, 1.807) is 7.11 Å². The van der Waals surface area contributed by atoms with E-state index in [1.807, 2.05) is 12.1 Å². The zero-order chi connectivity index (χ0) is 9.26. The van der Waals surface area contributed by atoms with Crippen LogP contribution in [0.3, 0.4) is 0 Å². The summed E-state index contributed by atoms with van der Waals surface area (Å²) in [6.45, 7) is 0.607. The maximum Gasteiger partial charge on any atom is 0.0730 e. The molecule has 0 radical (unpaired) electrons. The molecule has 68 valence electrons. The van der Waals surface area contributed by atoms with Crippen LogP contribution in [-0.4, -0.2) is 13.7 Å². The van der Waals surface area contributed by atoms with E-state index in [-0.39, 0.29) is 0 Å². The Balaban J connectivity index is 2.41. The Labute approximate surface area is 83.0 Å². The monoisotopic (exact) mass is 194 g/mol. The van der Waals surface area contributed by atoms with Crippen molar-refractivity contribution >= 4 is 17.2 Å². The Morgan fingerprint density at radius 3 is 2.92 bits per heavy atom. The fourth-order valence-corrected chi connectivity index (χ4v) is 1.99. The van der Waals surface area contributed by atoms with Crippen LogP contribution in [0, 0.1) is 0 Å². The van der Waals surface area contributed by atoms with E-state index in [9.17, 15) is 0 Å². The van der Waals surface area contributed by atoms with Crippen molar-refractivity contribution in [1.82, 2.24) is 0 Å². The van der Waals surface area contributed by atoms with Gasteiger partial charge >= 0.3 is 0 Å². The van der Waals surface area contributed by atoms with Crippen molar-refractivity contribution in [3.05, 3.63) is 40.4 Å². The molecule has 1 aromatic rings. The van der Waals surface area contributed by atoms with Gasteiger partial charge in [0.1, 0.15) is 0 Å². The quantitative estimate of drug-likeness (QED) is 0.704. The summed E-state index contributed by atoms with van der Waals surface area (Å²) in [7, 11) is 1.69. The van der Waals surface area contributed by atoms with E-state index in [4.69, 9.17) is 16.3 Å². The van der Waals surface area contributed by atoms with Gasteiger partial charge in [0.15, 0.2) is 0 Å². The van der Waals surface area contributed by atoms with Gasteiger partial charge in [0.05, 0.1) is 6.61 Å². The van der Waals surface area contributed by atoms with Gasteiger partial charge in [0, 0.05) is 24.1 Å². The predicted molar refractivity (Wildman–Crippen MR) is 54.8 cm³/mol. The van der Waals surface area contributed by atoms with Crippen LogP contribution in [0.2, 0.25) is 0 Å². The van der Waals surface area contributed by atoms with Crippen LogP contribution in [0.25, 0.3) is 5.57 Å². The fourth-order valence-electron chi connectivity index (χ4n) is 1.69. The molecule has 0 N–H and O–H groups in total. The summed E-state index contributed by atoms with van der Waals surface area (Å²) in [5.41, 5.74) is 3.69. The summed E-state index contributed by atoms with van der Waals surface area (Å²) in [6, 6.07) is 8.28. The Hall–Kier alpha value is -0.790. The molecule has 0 aromatic heterocycles. The second-order valence-corrected chi connectivity index (χ2v) is 3.61. The normalized spacial score (nSPS) is 14.9. The molecule has 0 saturated carbocycles. The molecule has 0 unspecified atom stereocenters. The van der Waals surface area contributed by atoms with Crippen molar-refractivity contribution in [2.24, 2.45) is 0 Å². The summed E-state index contributed by atoms with van der Waals surface area (Å²) in [5, 5.41) is 0.919. The predicted octanol–water partition coefficient (Wildman–Crippen LogP) is 2.84. The molecular weight excluding hydrogens is 184 g/mol. The lowest BCUT2D eigenvalue weighted by atomic mass is 10.1. The molecule has 0 spiro atoms. The highest BCUT2D eigenvalue weighted by molar-refractivity contribution is 6.33. The number of ether oxygens (including phenoxy) is 1. The van der Waals surface area contributed by atoms with E-state index in [0.29, 0.717) is 6.61 Å². The standard InChI is InChI=1S/C11H11ClO/c1-13-7-10-9-5-3-2-4-8(9)6-11(10)12/h2-5H,6-7H2,1H3. The number of hydrogen-bond acceptors (Lipinski definition) is 1. The van der Waals surface area contributed by atoms with Gasteiger partial charge in [0.25, 0.3) is 0 Å². The average molecular weight is 195 g/mol. The molecule has 0 aliphatic heterocycles. The number of hydrogen-bond donors (Lipinski definition) is 0. The minimum absolute atomic E-state index is 0.607. The summed E-state index contributed by atoms with van der Waals surface area (Å²) in [5.74, 6) is 0. The molecule has 2 heteroatoms. The zero-order valence-corrected chi connectivity index (χ0v) is 8.27. The lowest BCUT2D eigenvalue weighted by Gasteiger charge is -2.03. The molecule has 0 atom stereocenters. The van der Waals surface area contributed by atoms with Gasteiger partial charge in [-0.1, -0.05) is 35.9 Å². The number of rotatable bonds is 2. The van der Waals surface area contributed by atoms with Crippen LogP contribution < -0.4 is 0 Å². The molecule has 1 aliphatic carbocycles. The van der Waals surface area contributed by atoms with E-state index in [1.165, 1.54) is 11.1 Å².